The van der Waals surface area contributed by atoms with E-state index in [1.165, 1.54) is 16.3 Å². The molecule has 0 unspecified atom stereocenters. The number of halogens is 1. The fraction of sp³-hybridized carbons (Fsp3) is 0.0476. The van der Waals surface area contributed by atoms with Gasteiger partial charge in [-0.2, -0.15) is 0 Å². The first-order valence-electron chi connectivity index (χ1n) is 9.06. The van der Waals surface area contributed by atoms with Crippen LogP contribution >= 0.6 is 27.7 Å². The van der Waals surface area contributed by atoms with Crippen molar-refractivity contribution in [2.24, 2.45) is 0 Å². The lowest BCUT2D eigenvalue weighted by Crippen LogP contribution is -2.20. The van der Waals surface area contributed by atoms with Crippen LogP contribution in [0.4, 0.5) is 0 Å². The lowest BCUT2D eigenvalue weighted by Gasteiger charge is -2.06. The highest BCUT2D eigenvalue weighted by molar-refractivity contribution is 9.10. The van der Waals surface area contributed by atoms with Gasteiger partial charge in [-0.1, -0.05) is 45.9 Å². The van der Waals surface area contributed by atoms with Crippen molar-refractivity contribution in [1.29, 1.82) is 0 Å². The van der Waals surface area contributed by atoms with Gasteiger partial charge in [-0.25, -0.2) is 0 Å². The van der Waals surface area contributed by atoms with Crippen molar-refractivity contribution in [1.82, 2.24) is 24.1 Å². The van der Waals surface area contributed by atoms with E-state index in [1.54, 1.807) is 23.0 Å². The molecule has 0 spiro atoms. The summed E-state index contributed by atoms with van der Waals surface area (Å²) in [6.07, 6.45) is 5.14. The predicted octanol–water partition coefficient (Wildman–Crippen LogP) is 4.10. The highest BCUT2D eigenvalue weighted by Gasteiger charge is 2.16. The standard InChI is InChI=1S/C21H14BrN5O2S/c22-13-5-7-14(8-6-13)26-9-10-27-19(20(26)29)24-25-21(27)30-12-18(28)16-11-23-17-4-2-1-3-15(16)17/h1-11,23H,12H2. The van der Waals surface area contributed by atoms with Gasteiger partial charge in [0.2, 0.25) is 5.65 Å². The van der Waals surface area contributed by atoms with E-state index in [-0.39, 0.29) is 22.7 Å². The molecular weight excluding hydrogens is 466 g/mol. The van der Waals surface area contributed by atoms with Gasteiger partial charge >= 0.3 is 5.56 Å². The van der Waals surface area contributed by atoms with Gasteiger partial charge in [-0.15, -0.1) is 10.2 Å². The van der Waals surface area contributed by atoms with Crippen LogP contribution in [0.2, 0.25) is 0 Å². The number of benzene rings is 2. The molecule has 5 rings (SSSR count). The molecule has 3 aromatic heterocycles. The first kappa shape index (κ1) is 18.8. The van der Waals surface area contributed by atoms with Crippen molar-refractivity contribution < 1.29 is 4.79 Å². The van der Waals surface area contributed by atoms with Gasteiger partial charge in [0.25, 0.3) is 0 Å². The molecule has 148 valence electrons. The van der Waals surface area contributed by atoms with Crippen molar-refractivity contribution in [3.63, 3.8) is 0 Å². The zero-order valence-corrected chi connectivity index (χ0v) is 17.9. The molecule has 0 atom stereocenters. The predicted molar refractivity (Wildman–Crippen MR) is 120 cm³/mol. The van der Waals surface area contributed by atoms with Crippen molar-refractivity contribution in [3.8, 4) is 5.69 Å². The number of fused-ring (bicyclic) bond motifs is 2. The molecule has 0 aliphatic heterocycles. The fourth-order valence-electron chi connectivity index (χ4n) is 3.28. The Kier molecular flexibility index (Phi) is 4.76. The average molecular weight is 480 g/mol. The van der Waals surface area contributed by atoms with E-state index in [4.69, 9.17) is 0 Å². The quantitative estimate of drug-likeness (QED) is 0.303. The van der Waals surface area contributed by atoms with Gasteiger partial charge in [0.15, 0.2) is 10.9 Å². The summed E-state index contributed by atoms with van der Waals surface area (Å²) >= 11 is 4.65. The first-order valence-corrected chi connectivity index (χ1v) is 10.8. The number of para-hydroxylation sites is 1. The molecular formula is C21H14BrN5O2S. The van der Waals surface area contributed by atoms with E-state index >= 15 is 0 Å². The maximum Gasteiger partial charge on any atom is 0.300 e. The fourth-order valence-corrected chi connectivity index (χ4v) is 4.34. The number of nitrogens with one attached hydrogen (secondary N) is 1. The molecule has 9 heteroatoms. The normalized spacial score (nSPS) is 11.4. The Hall–Kier alpha value is -3.17. The number of thioether (sulfide) groups is 1. The van der Waals surface area contributed by atoms with Crippen LogP contribution in [0, 0.1) is 0 Å². The zero-order valence-electron chi connectivity index (χ0n) is 15.4. The van der Waals surface area contributed by atoms with Crippen LogP contribution in [0.15, 0.2) is 81.5 Å². The van der Waals surface area contributed by atoms with E-state index in [1.807, 2.05) is 48.5 Å². The smallest absolute Gasteiger partial charge is 0.300 e. The molecule has 0 aliphatic carbocycles. The number of carbonyl (C=O) groups is 1. The molecule has 2 aromatic carbocycles. The van der Waals surface area contributed by atoms with Gasteiger partial charge < -0.3 is 4.98 Å². The molecule has 0 aliphatic rings. The molecule has 5 aromatic rings. The SMILES string of the molecule is O=C(CSc1nnc2c(=O)n(-c3ccc(Br)cc3)ccn12)c1c[nH]c2ccccc12. The van der Waals surface area contributed by atoms with Gasteiger partial charge in [-0.3, -0.25) is 18.6 Å². The lowest BCUT2D eigenvalue weighted by molar-refractivity contribution is 0.102. The minimum atomic E-state index is -0.276. The highest BCUT2D eigenvalue weighted by Crippen LogP contribution is 2.22. The summed E-state index contributed by atoms with van der Waals surface area (Å²) in [5.74, 6) is 0.177. The Morgan fingerprint density at radius 3 is 2.70 bits per heavy atom. The zero-order chi connectivity index (χ0) is 20.7. The molecule has 3 heterocycles. The number of H-pyrrole nitrogens is 1. The van der Waals surface area contributed by atoms with E-state index in [0.29, 0.717) is 10.7 Å². The van der Waals surface area contributed by atoms with Crippen LogP contribution in [0.1, 0.15) is 10.4 Å². The molecule has 0 amide bonds. The lowest BCUT2D eigenvalue weighted by atomic mass is 10.1. The third-order valence-corrected chi connectivity index (χ3v) is 6.24. The second-order valence-corrected chi connectivity index (χ2v) is 8.44. The monoisotopic (exact) mass is 479 g/mol. The summed E-state index contributed by atoms with van der Waals surface area (Å²) in [5.41, 5.74) is 2.23. The first-order chi connectivity index (χ1) is 14.6. The van der Waals surface area contributed by atoms with Crippen molar-refractivity contribution in [2.75, 3.05) is 5.75 Å². The van der Waals surface area contributed by atoms with E-state index < -0.39 is 0 Å². The van der Waals surface area contributed by atoms with Gasteiger partial charge in [0.1, 0.15) is 0 Å². The Bertz CT molecular complexity index is 1450. The van der Waals surface area contributed by atoms with E-state index in [2.05, 4.69) is 31.1 Å². The van der Waals surface area contributed by atoms with E-state index in [0.717, 1.165) is 21.1 Å². The number of nitrogens with zero attached hydrogens (tertiary/aromatic N) is 4. The Balaban J connectivity index is 1.41. The maximum atomic E-state index is 12.8. The Labute approximate surface area is 182 Å². The van der Waals surface area contributed by atoms with Gasteiger partial charge in [-0.05, 0) is 30.3 Å². The number of hydrogen-bond donors (Lipinski definition) is 1. The molecule has 0 saturated heterocycles. The van der Waals surface area contributed by atoms with Gasteiger partial charge in [0, 0.05) is 45.2 Å². The molecule has 1 N–H and O–H groups in total. The maximum absolute atomic E-state index is 12.8. The van der Waals surface area contributed by atoms with Crippen LogP contribution in [0.3, 0.4) is 0 Å². The number of aromatic amines is 1. The minimum Gasteiger partial charge on any atom is -0.360 e. The second kappa shape index (κ2) is 7.58. The Morgan fingerprint density at radius 2 is 1.87 bits per heavy atom. The summed E-state index contributed by atoms with van der Waals surface area (Å²) in [7, 11) is 0. The largest absolute Gasteiger partial charge is 0.360 e. The number of rotatable bonds is 5. The second-order valence-electron chi connectivity index (χ2n) is 6.59. The summed E-state index contributed by atoms with van der Waals surface area (Å²) in [4.78, 5) is 28.7. The molecule has 0 saturated carbocycles. The number of aromatic nitrogens is 5. The number of Topliss-reactive ketones (excluding diaryl/α,β-unsaturated/α-hetero) is 1. The summed E-state index contributed by atoms with van der Waals surface area (Å²) < 4.78 is 4.06. The molecule has 7 nitrogen and oxygen atoms in total. The third kappa shape index (κ3) is 3.25. The van der Waals surface area contributed by atoms with E-state index in [9.17, 15) is 9.59 Å². The van der Waals surface area contributed by atoms with Crippen LogP contribution < -0.4 is 5.56 Å². The van der Waals surface area contributed by atoms with Gasteiger partial charge in [0.05, 0.1) is 5.75 Å². The highest BCUT2D eigenvalue weighted by atomic mass is 79.9. The van der Waals surface area contributed by atoms with Crippen molar-refractivity contribution >= 4 is 50.0 Å². The third-order valence-electron chi connectivity index (χ3n) is 4.77. The van der Waals surface area contributed by atoms with Crippen LogP contribution in [-0.4, -0.2) is 35.7 Å². The van der Waals surface area contributed by atoms with Crippen LogP contribution in [-0.2, 0) is 0 Å². The van der Waals surface area contributed by atoms with Crippen molar-refractivity contribution in [3.05, 3.63) is 87.5 Å². The minimum absolute atomic E-state index is 0.0163. The molecule has 0 bridgehead atoms. The molecule has 0 fully saturated rings. The number of hydrogen-bond acceptors (Lipinski definition) is 5. The number of ketones is 1. The summed E-state index contributed by atoms with van der Waals surface area (Å²) in [6.45, 7) is 0. The molecule has 0 radical (unpaired) electrons. The topological polar surface area (TPSA) is 85.0 Å². The van der Waals surface area contributed by atoms with Crippen LogP contribution in [0.5, 0.6) is 0 Å². The number of carbonyl (C=O) groups excluding carboxylic acids is 1. The average Bonchev–Trinajstić information content (AvgIpc) is 3.38. The van der Waals surface area contributed by atoms with Crippen molar-refractivity contribution in [2.45, 2.75) is 5.16 Å². The Morgan fingerprint density at radius 1 is 1.07 bits per heavy atom. The summed E-state index contributed by atoms with van der Waals surface area (Å²) in [5, 5.41) is 9.55. The van der Waals surface area contributed by atoms with Crippen LogP contribution in [0.25, 0.3) is 22.2 Å². The summed E-state index contributed by atoms with van der Waals surface area (Å²) in [6, 6.07) is 15.1. The molecule has 30 heavy (non-hydrogen) atoms.